The predicted molar refractivity (Wildman–Crippen MR) is 122 cm³/mol. The van der Waals surface area contributed by atoms with Crippen LogP contribution in [0, 0.1) is 11.3 Å². The second-order valence-electron chi connectivity index (χ2n) is 10.6. The van der Waals surface area contributed by atoms with E-state index >= 15 is 0 Å². The van der Waals surface area contributed by atoms with Crippen molar-refractivity contribution in [1.29, 1.82) is 0 Å². The van der Waals surface area contributed by atoms with Crippen LogP contribution in [0.5, 0.6) is 0 Å². The molecule has 8 heteroatoms. The number of nitrogens with one attached hydrogen (secondary N) is 1. The molecular formula is C25H33N3O5. The van der Waals surface area contributed by atoms with E-state index in [1.807, 2.05) is 24.3 Å². The molecular weight excluding hydrogens is 422 g/mol. The molecule has 0 radical (unpaired) electrons. The number of carbonyl (C=O) groups excluding carboxylic acids is 4. The molecule has 4 amide bonds. The topological polar surface area (TPSA) is 96.0 Å². The van der Waals surface area contributed by atoms with Crippen molar-refractivity contribution in [2.75, 3.05) is 18.0 Å². The highest BCUT2D eigenvalue weighted by Gasteiger charge is 2.56. The smallest absolute Gasteiger partial charge is 0.327 e. The van der Waals surface area contributed by atoms with Crippen LogP contribution < -0.4 is 10.2 Å². The fourth-order valence-electron chi connectivity index (χ4n) is 6.05. The van der Waals surface area contributed by atoms with E-state index in [1.165, 1.54) is 6.92 Å². The zero-order chi connectivity index (χ0) is 24.0. The summed E-state index contributed by atoms with van der Waals surface area (Å²) in [5.74, 6) is -1.19. The number of fused-ring (bicyclic) bond motifs is 1. The SMILES string of the molecule is CC1CC(C)(C)CC2(C1)NC(=O)N(CC(=O)OC(C)C(=O)N1CCCc3ccccc31)C2=O. The Balaban J connectivity index is 1.40. The van der Waals surface area contributed by atoms with Crippen molar-refractivity contribution in [2.24, 2.45) is 11.3 Å². The number of para-hydroxylation sites is 1. The molecule has 33 heavy (non-hydrogen) atoms. The van der Waals surface area contributed by atoms with Crippen molar-refractivity contribution in [3.8, 4) is 0 Å². The Hall–Kier alpha value is -2.90. The van der Waals surface area contributed by atoms with E-state index in [-0.39, 0.29) is 23.1 Å². The molecule has 1 N–H and O–H groups in total. The number of amides is 4. The maximum Gasteiger partial charge on any atom is 0.327 e. The third-order valence-electron chi connectivity index (χ3n) is 6.94. The summed E-state index contributed by atoms with van der Waals surface area (Å²) in [7, 11) is 0. The molecule has 178 valence electrons. The first-order chi connectivity index (χ1) is 15.5. The van der Waals surface area contributed by atoms with Crippen LogP contribution >= 0.6 is 0 Å². The number of urea groups is 1. The van der Waals surface area contributed by atoms with Crippen molar-refractivity contribution in [3.05, 3.63) is 29.8 Å². The van der Waals surface area contributed by atoms with Gasteiger partial charge in [-0.25, -0.2) is 4.79 Å². The molecule has 2 heterocycles. The van der Waals surface area contributed by atoms with Crippen LogP contribution in [-0.4, -0.2) is 53.4 Å². The minimum absolute atomic E-state index is 0.0945. The number of imide groups is 1. The van der Waals surface area contributed by atoms with E-state index in [1.54, 1.807) is 4.90 Å². The van der Waals surface area contributed by atoms with Crippen molar-refractivity contribution >= 4 is 29.5 Å². The van der Waals surface area contributed by atoms with E-state index in [0.717, 1.165) is 35.4 Å². The Bertz CT molecular complexity index is 990. The van der Waals surface area contributed by atoms with Gasteiger partial charge in [-0.05, 0) is 62.0 Å². The predicted octanol–water partition coefficient (Wildman–Crippen LogP) is 3.03. The minimum Gasteiger partial charge on any atom is -0.451 e. The van der Waals surface area contributed by atoms with Crippen LogP contribution in [0.15, 0.2) is 24.3 Å². The molecule has 1 aliphatic carbocycles. The number of aryl methyl sites for hydroxylation is 1. The van der Waals surface area contributed by atoms with Gasteiger partial charge in [0, 0.05) is 12.2 Å². The molecule has 0 aromatic heterocycles. The van der Waals surface area contributed by atoms with Crippen LogP contribution in [0.3, 0.4) is 0 Å². The van der Waals surface area contributed by atoms with Crippen molar-refractivity contribution < 1.29 is 23.9 Å². The number of benzene rings is 1. The fourth-order valence-corrected chi connectivity index (χ4v) is 6.05. The summed E-state index contributed by atoms with van der Waals surface area (Å²) in [4.78, 5) is 54.1. The number of rotatable bonds is 4. The normalized spacial score (nSPS) is 27.2. The number of hydrogen-bond acceptors (Lipinski definition) is 5. The first-order valence-electron chi connectivity index (χ1n) is 11.7. The number of ether oxygens (including phenoxy) is 1. The van der Waals surface area contributed by atoms with Crippen LogP contribution in [0.25, 0.3) is 0 Å². The van der Waals surface area contributed by atoms with Gasteiger partial charge in [0.15, 0.2) is 6.10 Å². The van der Waals surface area contributed by atoms with E-state index in [4.69, 9.17) is 4.74 Å². The van der Waals surface area contributed by atoms with Crippen LogP contribution in [-0.2, 0) is 25.5 Å². The van der Waals surface area contributed by atoms with E-state index in [0.29, 0.717) is 19.4 Å². The Labute approximate surface area is 194 Å². The molecule has 0 bridgehead atoms. The van der Waals surface area contributed by atoms with Gasteiger partial charge in [-0.15, -0.1) is 0 Å². The summed E-state index contributed by atoms with van der Waals surface area (Å²) in [5, 5.41) is 2.85. The van der Waals surface area contributed by atoms with Gasteiger partial charge in [0.25, 0.3) is 11.8 Å². The Kier molecular flexibility index (Phi) is 5.97. The summed E-state index contributed by atoms with van der Waals surface area (Å²) < 4.78 is 5.37. The fraction of sp³-hybridized carbons (Fsp3) is 0.600. The lowest BCUT2D eigenvalue weighted by atomic mass is 9.64. The molecule has 2 fully saturated rings. The van der Waals surface area contributed by atoms with E-state index < -0.39 is 30.2 Å². The van der Waals surface area contributed by atoms with Crippen molar-refractivity contribution in [2.45, 2.75) is 71.4 Å². The summed E-state index contributed by atoms with van der Waals surface area (Å²) in [6.45, 7) is 7.83. The summed E-state index contributed by atoms with van der Waals surface area (Å²) in [6.07, 6.45) is 2.77. The second-order valence-corrected chi connectivity index (χ2v) is 10.6. The second kappa shape index (κ2) is 8.47. The zero-order valence-corrected chi connectivity index (χ0v) is 19.8. The maximum atomic E-state index is 13.2. The number of hydrogen-bond donors (Lipinski definition) is 1. The average Bonchev–Trinajstić information content (AvgIpc) is 2.94. The third kappa shape index (κ3) is 4.48. The maximum absolute atomic E-state index is 13.2. The lowest BCUT2D eigenvalue weighted by molar-refractivity contribution is -0.156. The molecule has 1 spiro atoms. The van der Waals surface area contributed by atoms with E-state index in [9.17, 15) is 19.2 Å². The van der Waals surface area contributed by atoms with Gasteiger partial charge >= 0.3 is 12.0 Å². The number of carbonyl (C=O) groups is 4. The minimum atomic E-state index is -1.02. The zero-order valence-electron chi connectivity index (χ0n) is 19.8. The molecule has 3 aliphatic rings. The van der Waals surface area contributed by atoms with E-state index in [2.05, 4.69) is 26.1 Å². The monoisotopic (exact) mass is 455 g/mol. The summed E-state index contributed by atoms with van der Waals surface area (Å²) in [5.41, 5.74) is 0.854. The van der Waals surface area contributed by atoms with Crippen LogP contribution in [0.1, 0.15) is 58.9 Å². The lowest BCUT2D eigenvalue weighted by Gasteiger charge is -2.43. The summed E-state index contributed by atoms with van der Waals surface area (Å²) in [6, 6.07) is 7.12. The Morgan fingerprint density at radius 2 is 1.94 bits per heavy atom. The number of esters is 1. The van der Waals surface area contributed by atoms with Gasteiger partial charge in [-0.1, -0.05) is 39.0 Å². The van der Waals surface area contributed by atoms with Gasteiger partial charge < -0.3 is 15.0 Å². The molecule has 1 saturated carbocycles. The highest BCUT2D eigenvalue weighted by atomic mass is 16.5. The Morgan fingerprint density at radius 3 is 2.67 bits per heavy atom. The Morgan fingerprint density at radius 1 is 1.21 bits per heavy atom. The van der Waals surface area contributed by atoms with Crippen molar-refractivity contribution in [1.82, 2.24) is 10.2 Å². The molecule has 3 unspecified atom stereocenters. The third-order valence-corrected chi connectivity index (χ3v) is 6.94. The van der Waals surface area contributed by atoms with Gasteiger partial charge in [0.05, 0.1) is 0 Å². The number of anilines is 1. The molecule has 3 atom stereocenters. The molecule has 1 aromatic carbocycles. The van der Waals surface area contributed by atoms with Gasteiger partial charge in [0.2, 0.25) is 0 Å². The van der Waals surface area contributed by atoms with Crippen LogP contribution in [0.4, 0.5) is 10.5 Å². The van der Waals surface area contributed by atoms with Gasteiger partial charge in [-0.2, -0.15) is 0 Å². The van der Waals surface area contributed by atoms with Gasteiger partial charge in [-0.3, -0.25) is 19.3 Å². The molecule has 2 aliphatic heterocycles. The van der Waals surface area contributed by atoms with Crippen LogP contribution in [0.2, 0.25) is 0 Å². The lowest BCUT2D eigenvalue weighted by Crippen LogP contribution is -2.54. The highest BCUT2D eigenvalue weighted by Crippen LogP contribution is 2.46. The molecule has 1 aromatic rings. The largest absolute Gasteiger partial charge is 0.451 e. The average molecular weight is 456 g/mol. The highest BCUT2D eigenvalue weighted by molar-refractivity contribution is 6.09. The van der Waals surface area contributed by atoms with Crippen molar-refractivity contribution in [3.63, 3.8) is 0 Å². The standard InChI is InChI=1S/C25H33N3O5/c1-16-12-24(3,4)15-25(13-16)22(31)28(23(32)26-25)14-20(29)33-17(2)21(30)27-11-7-9-18-8-5-6-10-19(18)27/h5-6,8,10,16-17H,7,9,11-15H2,1-4H3,(H,26,32). The molecule has 4 rings (SSSR count). The first-order valence-corrected chi connectivity index (χ1v) is 11.7. The first kappa shape index (κ1) is 23.3. The van der Waals surface area contributed by atoms with Gasteiger partial charge in [0.1, 0.15) is 12.1 Å². The molecule has 1 saturated heterocycles. The number of nitrogens with zero attached hydrogens (tertiary/aromatic N) is 2. The molecule has 8 nitrogen and oxygen atoms in total. The summed E-state index contributed by atoms with van der Waals surface area (Å²) >= 11 is 0. The quantitative estimate of drug-likeness (QED) is 0.556.